The summed E-state index contributed by atoms with van der Waals surface area (Å²) >= 11 is 0. The van der Waals surface area contributed by atoms with Crippen LogP contribution in [0, 0.1) is 11.3 Å². The number of anilines is 1. The summed E-state index contributed by atoms with van der Waals surface area (Å²) in [4.78, 5) is 28.4. The van der Waals surface area contributed by atoms with Gasteiger partial charge in [0.25, 0.3) is 11.8 Å². The molecule has 38 heavy (non-hydrogen) atoms. The average molecular weight is 513 g/mol. The van der Waals surface area contributed by atoms with Crippen molar-refractivity contribution in [2.24, 2.45) is 5.73 Å². The van der Waals surface area contributed by atoms with Crippen LogP contribution in [-0.2, 0) is 6.54 Å². The highest BCUT2D eigenvalue weighted by Gasteiger charge is 2.32. The number of carbonyl (C=O) groups excluding carboxylic acids is 2. The van der Waals surface area contributed by atoms with Crippen LogP contribution in [0.15, 0.2) is 66.7 Å². The number of amides is 2. The van der Waals surface area contributed by atoms with Gasteiger partial charge in [-0.25, -0.2) is 0 Å². The van der Waals surface area contributed by atoms with E-state index in [1.807, 2.05) is 29.2 Å². The molecule has 2 atom stereocenters. The van der Waals surface area contributed by atoms with Crippen molar-refractivity contribution in [2.45, 2.75) is 44.3 Å². The minimum absolute atomic E-state index is 0.110. The molecule has 196 valence electrons. The number of ether oxygens (including phenoxy) is 2. The summed E-state index contributed by atoms with van der Waals surface area (Å²) in [5, 5.41) is 11.9. The van der Waals surface area contributed by atoms with Crippen molar-refractivity contribution in [2.75, 3.05) is 19.5 Å². The quantitative estimate of drug-likeness (QED) is 0.450. The predicted molar refractivity (Wildman–Crippen MR) is 145 cm³/mol. The Labute approximate surface area is 223 Å². The van der Waals surface area contributed by atoms with Crippen molar-refractivity contribution in [1.82, 2.24) is 4.90 Å². The Morgan fingerprint density at radius 1 is 0.974 bits per heavy atom. The molecular weight excluding hydrogens is 480 g/mol. The van der Waals surface area contributed by atoms with Gasteiger partial charge >= 0.3 is 0 Å². The Hall–Kier alpha value is -4.35. The summed E-state index contributed by atoms with van der Waals surface area (Å²) in [6.45, 7) is 0.339. The highest BCUT2D eigenvalue weighted by Crippen LogP contribution is 2.30. The number of rotatable bonds is 8. The van der Waals surface area contributed by atoms with Crippen LogP contribution in [0.4, 0.5) is 5.69 Å². The Bertz CT molecular complexity index is 1330. The summed E-state index contributed by atoms with van der Waals surface area (Å²) in [7, 11) is 3.10. The Morgan fingerprint density at radius 3 is 2.37 bits per heavy atom. The fraction of sp³-hybridized carbons (Fsp3) is 0.300. The Balaban J connectivity index is 1.58. The van der Waals surface area contributed by atoms with Gasteiger partial charge in [0.2, 0.25) is 0 Å². The maximum atomic E-state index is 13.8. The molecular formula is C30H32N4O4. The SMILES string of the molecule is COc1ccc(C(=O)N(Cc2cccc(NC(=O)c3ccc(C#N)cc3)c2)C2CCCCC2N)cc1OC. The van der Waals surface area contributed by atoms with E-state index in [0.29, 0.717) is 40.4 Å². The van der Waals surface area contributed by atoms with E-state index in [4.69, 9.17) is 20.5 Å². The van der Waals surface area contributed by atoms with Crippen molar-refractivity contribution in [3.63, 3.8) is 0 Å². The zero-order valence-electron chi connectivity index (χ0n) is 21.6. The van der Waals surface area contributed by atoms with Crippen LogP contribution >= 0.6 is 0 Å². The molecule has 0 aliphatic heterocycles. The van der Waals surface area contributed by atoms with Gasteiger partial charge in [-0.1, -0.05) is 25.0 Å². The van der Waals surface area contributed by atoms with Gasteiger partial charge in [0.15, 0.2) is 11.5 Å². The molecule has 8 nitrogen and oxygen atoms in total. The molecule has 3 aromatic rings. The molecule has 1 saturated carbocycles. The number of nitrogens with two attached hydrogens (primary N) is 1. The van der Waals surface area contributed by atoms with E-state index in [1.165, 1.54) is 0 Å². The summed E-state index contributed by atoms with van der Waals surface area (Å²) in [5.41, 5.74) is 9.43. The van der Waals surface area contributed by atoms with Gasteiger partial charge in [-0.2, -0.15) is 5.26 Å². The molecule has 0 aromatic heterocycles. The van der Waals surface area contributed by atoms with Crippen LogP contribution in [0.5, 0.6) is 11.5 Å². The third kappa shape index (κ3) is 6.13. The minimum atomic E-state index is -0.279. The zero-order valence-corrected chi connectivity index (χ0v) is 21.6. The molecule has 2 amide bonds. The van der Waals surface area contributed by atoms with E-state index in [-0.39, 0.29) is 23.9 Å². The summed E-state index contributed by atoms with van der Waals surface area (Å²) in [6.07, 6.45) is 3.75. The van der Waals surface area contributed by atoms with Crippen molar-refractivity contribution in [3.8, 4) is 17.6 Å². The second-order valence-electron chi connectivity index (χ2n) is 9.36. The first-order chi connectivity index (χ1) is 18.4. The second kappa shape index (κ2) is 12.3. The van der Waals surface area contributed by atoms with Crippen LogP contribution in [-0.4, -0.2) is 43.0 Å². The number of hydrogen-bond donors (Lipinski definition) is 2. The van der Waals surface area contributed by atoms with E-state index >= 15 is 0 Å². The van der Waals surface area contributed by atoms with E-state index in [1.54, 1.807) is 62.8 Å². The molecule has 1 aliphatic carbocycles. The number of nitrogens with zero attached hydrogens (tertiary/aromatic N) is 2. The van der Waals surface area contributed by atoms with Crippen LogP contribution in [0.1, 0.15) is 57.5 Å². The monoisotopic (exact) mass is 512 g/mol. The van der Waals surface area contributed by atoms with Crippen molar-refractivity contribution in [3.05, 3.63) is 89.0 Å². The summed E-state index contributed by atoms with van der Waals surface area (Å²) < 4.78 is 10.7. The lowest BCUT2D eigenvalue weighted by molar-refractivity contribution is 0.0583. The molecule has 0 spiro atoms. The maximum absolute atomic E-state index is 13.8. The highest BCUT2D eigenvalue weighted by molar-refractivity contribution is 6.04. The first-order valence-corrected chi connectivity index (χ1v) is 12.6. The highest BCUT2D eigenvalue weighted by atomic mass is 16.5. The van der Waals surface area contributed by atoms with Gasteiger partial charge in [0.05, 0.1) is 25.9 Å². The lowest BCUT2D eigenvalue weighted by atomic mass is 9.89. The maximum Gasteiger partial charge on any atom is 0.255 e. The lowest BCUT2D eigenvalue weighted by Gasteiger charge is -2.38. The van der Waals surface area contributed by atoms with Crippen LogP contribution in [0.2, 0.25) is 0 Å². The fourth-order valence-electron chi connectivity index (χ4n) is 4.85. The minimum Gasteiger partial charge on any atom is -0.493 e. The lowest BCUT2D eigenvalue weighted by Crippen LogP contribution is -2.51. The smallest absolute Gasteiger partial charge is 0.255 e. The molecule has 2 unspecified atom stereocenters. The number of hydrogen-bond acceptors (Lipinski definition) is 6. The average Bonchev–Trinajstić information content (AvgIpc) is 2.95. The number of carbonyl (C=O) groups is 2. The first kappa shape index (κ1) is 26.7. The molecule has 0 heterocycles. The second-order valence-corrected chi connectivity index (χ2v) is 9.36. The fourth-order valence-corrected chi connectivity index (χ4v) is 4.85. The summed E-state index contributed by atoms with van der Waals surface area (Å²) in [6, 6.07) is 20.9. The van der Waals surface area contributed by atoms with Gasteiger partial charge in [-0.05, 0) is 73.0 Å². The molecule has 0 radical (unpaired) electrons. The van der Waals surface area contributed by atoms with E-state index < -0.39 is 0 Å². The number of nitrogens with one attached hydrogen (secondary N) is 1. The third-order valence-corrected chi connectivity index (χ3v) is 6.89. The largest absolute Gasteiger partial charge is 0.493 e. The van der Waals surface area contributed by atoms with Crippen molar-refractivity contribution < 1.29 is 19.1 Å². The van der Waals surface area contributed by atoms with Crippen LogP contribution < -0.4 is 20.5 Å². The first-order valence-electron chi connectivity index (χ1n) is 12.6. The normalized spacial score (nSPS) is 16.7. The van der Waals surface area contributed by atoms with E-state index in [0.717, 1.165) is 31.2 Å². The van der Waals surface area contributed by atoms with Crippen molar-refractivity contribution in [1.29, 1.82) is 5.26 Å². The van der Waals surface area contributed by atoms with Crippen LogP contribution in [0.3, 0.4) is 0 Å². The molecule has 8 heteroatoms. The zero-order chi connectivity index (χ0) is 27.1. The molecule has 0 saturated heterocycles. The molecule has 3 aromatic carbocycles. The molecule has 3 N–H and O–H groups in total. The molecule has 1 aliphatic rings. The van der Waals surface area contributed by atoms with Gasteiger partial charge in [-0.15, -0.1) is 0 Å². The molecule has 0 bridgehead atoms. The number of methoxy groups -OCH3 is 2. The van der Waals surface area contributed by atoms with Gasteiger partial charge in [0.1, 0.15) is 0 Å². The van der Waals surface area contributed by atoms with E-state index in [2.05, 4.69) is 5.32 Å². The van der Waals surface area contributed by atoms with Gasteiger partial charge in [0, 0.05) is 35.4 Å². The molecule has 1 fully saturated rings. The third-order valence-electron chi connectivity index (χ3n) is 6.89. The number of benzene rings is 3. The van der Waals surface area contributed by atoms with Gasteiger partial charge < -0.3 is 25.4 Å². The predicted octanol–water partition coefficient (Wildman–Crippen LogP) is 4.74. The van der Waals surface area contributed by atoms with Gasteiger partial charge in [-0.3, -0.25) is 9.59 Å². The topological polar surface area (TPSA) is 118 Å². The van der Waals surface area contributed by atoms with Crippen molar-refractivity contribution >= 4 is 17.5 Å². The standard InChI is InChI=1S/C30H32N4O4/c1-37-27-15-14-23(17-28(27)38-2)30(36)34(26-9-4-3-8-25(26)32)19-21-6-5-7-24(16-21)33-29(35)22-12-10-20(18-31)11-13-22/h5-7,10-17,25-26H,3-4,8-9,19,32H2,1-2H3,(H,33,35). The molecule has 4 rings (SSSR count). The summed E-state index contributed by atoms with van der Waals surface area (Å²) in [5.74, 6) is 0.619. The number of nitriles is 1. The van der Waals surface area contributed by atoms with E-state index in [9.17, 15) is 9.59 Å². The Kier molecular flexibility index (Phi) is 8.62. The Morgan fingerprint density at radius 2 is 1.68 bits per heavy atom. The van der Waals surface area contributed by atoms with Crippen LogP contribution in [0.25, 0.3) is 0 Å².